The first-order valence-corrected chi connectivity index (χ1v) is 6.97. The average Bonchev–Trinajstić information content (AvgIpc) is 2.95. The van der Waals surface area contributed by atoms with Crippen LogP contribution in [-0.4, -0.2) is 30.6 Å². The van der Waals surface area contributed by atoms with Gasteiger partial charge < -0.3 is 14.5 Å². The number of oxazole rings is 1. The van der Waals surface area contributed by atoms with Gasteiger partial charge in [-0.15, -0.1) is 0 Å². The Morgan fingerprint density at radius 2 is 2.14 bits per heavy atom. The molecule has 1 N–H and O–H groups in total. The summed E-state index contributed by atoms with van der Waals surface area (Å²) in [5, 5.41) is 2.86. The summed E-state index contributed by atoms with van der Waals surface area (Å²) in [5.74, 6) is 1.26. The lowest BCUT2D eigenvalue weighted by Crippen LogP contribution is -2.35. The van der Waals surface area contributed by atoms with E-state index in [9.17, 15) is 4.79 Å². The highest BCUT2D eigenvalue weighted by molar-refractivity contribution is 5.76. The summed E-state index contributed by atoms with van der Waals surface area (Å²) in [6, 6.07) is 9.77. The second kappa shape index (κ2) is 7.59. The third-order valence-electron chi connectivity index (χ3n) is 3.00. The van der Waals surface area contributed by atoms with Crippen LogP contribution in [0.15, 0.2) is 40.9 Å². The van der Waals surface area contributed by atoms with Crippen molar-refractivity contribution in [3.63, 3.8) is 0 Å². The molecule has 1 aromatic heterocycles. The minimum absolute atomic E-state index is 0.00643. The maximum absolute atomic E-state index is 11.7. The van der Waals surface area contributed by atoms with E-state index in [2.05, 4.69) is 10.3 Å². The smallest absolute Gasteiger partial charge is 0.220 e. The summed E-state index contributed by atoms with van der Waals surface area (Å²) in [7, 11) is 1.61. The Bertz CT molecular complexity index is 566. The van der Waals surface area contributed by atoms with Crippen LogP contribution >= 0.6 is 0 Å². The Hall–Kier alpha value is -2.14. The molecule has 5 heteroatoms. The summed E-state index contributed by atoms with van der Waals surface area (Å²) in [4.78, 5) is 16.0. The van der Waals surface area contributed by atoms with Crippen molar-refractivity contribution in [3.05, 3.63) is 42.4 Å². The number of hydrogen-bond acceptors (Lipinski definition) is 4. The van der Waals surface area contributed by atoms with Crippen molar-refractivity contribution in [2.24, 2.45) is 0 Å². The van der Waals surface area contributed by atoms with E-state index in [1.165, 1.54) is 0 Å². The lowest BCUT2D eigenvalue weighted by molar-refractivity contribution is -0.122. The van der Waals surface area contributed by atoms with Crippen molar-refractivity contribution in [2.75, 3.05) is 13.7 Å². The van der Waals surface area contributed by atoms with Crippen LogP contribution in [0.3, 0.4) is 0 Å². The van der Waals surface area contributed by atoms with Gasteiger partial charge in [-0.25, -0.2) is 4.98 Å². The highest BCUT2D eigenvalue weighted by Crippen LogP contribution is 2.20. The van der Waals surface area contributed by atoms with Crippen LogP contribution < -0.4 is 5.32 Å². The zero-order valence-electron chi connectivity index (χ0n) is 12.3. The molecular formula is C16H20N2O3. The molecule has 112 valence electrons. The van der Waals surface area contributed by atoms with E-state index >= 15 is 0 Å². The molecule has 2 aromatic rings. The number of ether oxygens (including phenoxy) is 1. The summed E-state index contributed by atoms with van der Waals surface area (Å²) in [6.07, 6.45) is 2.53. The van der Waals surface area contributed by atoms with E-state index in [4.69, 9.17) is 9.15 Å². The van der Waals surface area contributed by atoms with Crippen LogP contribution in [0.1, 0.15) is 19.2 Å². The zero-order valence-corrected chi connectivity index (χ0v) is 12.3. The summed E-state index contributed by atoms with van der Waals surface area (Å²) in [6.45, 7) is 2.41. The van der Waals surface area contributed by atoms with Crippen molar-refractivity contribution in [1.82, 2.24) is 10.3 Å². The van der Waals surface area contributed by atoms with E-state index in [-0.39, 0.29) is 11.9 Å². The molecule has 0 saturated heterocycles. The van der Waals surface area contributed by atoms with Gasteiger partial charge in [-0.2, -0.15) is 0 Å². The Morgan fingerprint density at radius 1 is 1.38 bits per heavy atom. The van der Waals surface area contributed by atoms with Gasteiger partial charge in [0.25, 0.3) is 0 Å². The fourth-order valence-electron chi connectivity index (χ4n) is 2.02. The number of methoxy groups -OCH3 is 1. The van der Waals surface area contributed by atoms with Crippen LogP contribution in [-0.2, 0) is 16.0 Å². The van der Waals surface area contributed by atoms with E-state index in [0.717, 1.165) is 11.3 Å². The molecule has 5 nitrogen and oxygen atoms in total. The molecule has 21 heavy (non-hydrogen) atoms. The number of rotatable bonds is 7. The standard InChI is InChI=1S/C16H20N2O3/c1-12(11-20-2)18-15(19)8-9-16-17-10-14(21-16)13-6-4-3-5-7-13/h3-7,10,12H,8-9,11H2,1-2H3,(H,18,19). The van der Waals surface area contributed by atoms with Crippen LogP contribution in [0.2, 0.25) is 0 Å². The first kappa shape index (κ1) is 15.3. The minimum atomic E-state index is -0.0287. The largest absolute Gasteiger partial charge is 0.441 e. The van der Waals surface area contributed by atoms with Gasteiger partial charge in [0.05, 0.1) is 12.8 Å². The van der Waals surface area contributed by atoms with E-state index in [0.29, 0.717) is 25.3 Å². The van der Waals surface area contributed by atoms with Gasteiger partial charge in [-0.1, -0.05) is 30.3 Å². The van der Waals surface area contributed by atoms with Crippen LogP contribution in [0.25, 0.3) is 11.3 Å². The number of hydrogen-bond donors (Lipinski definition) is 1. The number of carbonyl (C=O) groups is 1. The Labute approximate surface area is 124 Å². The molecule has 1 atom stereocenters. The van der Waals surface area contributed by atoms with Crippen LogP contribution in [0.4, 0.5) is 0 Å². The lowest BCUT2D eigenvalue weighted by atomic mass is 10.2. The summed E-state index contributed by atoms with van der Waals surface area (Å²) in [5.41, 5.74) is 0.981. The second-order valence-electron chi connectivity index (χ2n) is 4.91. The number of aryl methyl sites for hydroxylation is 1. The Morgan fingerprint density at radius 3 is 2.86 bits per heavy atom. The summed E-state index contributed by atoms with van der Waals surface area (Å²) >= 11 is 0. The predicted octanol–water partition coefficient (Wildman–Crippen LogP) is 2.43. The maximum Gasteiger partial charge on any atom is 0.220 e. The van der Waals surface area contributed by atoms with Gasteiger partial charge in [0.2, 0.25) is 5.91 Å². The van der Waals surface area contributed by atoms with E-state index in [1.807, 2.05) is 37.3 Å². The van der Waals surface area contributed by atoms with Crippen molar-refractivity contribution >= 4 is 5.91 Å². The molecule has 0 saturated carbocycles. The topological polar surface area (TPSA) is 64.4 Å². The highest BCUT2D eigenvalue weighted by Gasteiger charge is 2.10. The average molecular weight is 288 g/mol. The normalized spacial score (nSPS) is 12.1. The molecule has 1 unspecified atom stereocenters. The van der Waals surface area contributed by atoms with Gasteiger partial charge in [0.1, 0.15) is 0 Å². The molecule has 0 radical (unpaired) electrons. The van der Waals surface area contributed by atoms with Gasteiger partial charge in [-0.05, 0) is 6.92 Å². The molecular weight excluding hydrogens is 268 g/mol. The predicted molar refractivity (Wildman–Crippen MR) is 79.7 cm³/mol. The molecule has 0 aliphatic heterocycles. The second-order valence-corrected chi connectivity index (χ2v) is 4.91. The molecule has 0 aliphatic rings. The van der Waals surface area contributed by atoms with E-state index in [1.54, 1.807) is 13.3 Å². The number of carbonyl (C=O) groups excluding carboxylic acids is 1. The van der Waals surface area contributed by atoms with Gasteiger partial charge in [0, 0.05) is 31.6 Å². The quantitative estimate of drug-likeness (QED) is 0.850. The third-order valence-corrected chi connectivity index (χ3v) is 3.00. The fourth-order valence-corrected chi connectivity index (χ4v) is 2.02. The van der Waals surface area contributed by atoms with Crippen LogP contribution in [0.5, 0.6) is 0 Å². The van der Waals surface area contributed by atoms with Gasteiger partial charge in [0.15, 0.2) is 11.7 Å². The van der Waals surface area contributed by atoms with Crippen molar-refractivity contribution in [3.8, 4) is 11.3 Å². The zero-order chi connectivity index (χ0) is 15.1. The molecule has 0 spiro atoms. The first-order chi connectivity index (χ1) is 10.2. The molecule has 1 aromatic carbocycles. The van der Waals surface area contributed by atoms with Gasteiger partial charge in [-0.3, -0.25) is 4.79 Å². The molecule has 0 aliphatic carbocycles. The molecule has 0 bridgehead atoms. The number of nitrogens with one attached hydrogen (secondary N) is 1. The first-order valence-electron chi connectivity index (χ1n) is 6.97. The lowest BCUT2D eigenvalue weighted by Gasteiger charge is -2.11. The molecule has 0 fully saturated rings. The fraction of sp³-hybridized carbons (Fsp3) is 0.375. The van der Waals surface area contributed by atoms with Crippen molar-refractivity contribution < 1.29 is 13.9 Å². The Kier molecular flexibility index (Phi) is 5.51. The molecule has 1 amide bonds. The number of nitrogens with zero attached hydrogens (tertiary/aromatic N) is 1. The minimum Gasteiger partial charge on any atom is -0.441 e. The molecule has 1 heterocycles. The van der Waals surface area contributed by atoms with E-state index < -0.39 is 0 Å². The maximum atomic E-state index is 11.7. The SMILES string of the molecule is COCC(C)NC(=O)CCc1ncc(-c2ccccc2)o1. The van der Waals surface area contributed by atoms with Gasteiger partial charge >= 0.3 is 0 Å². The Balaban J connectivity index is 1.84. The number of amides is 1. The monoisotopic (exact) mass is 288 g/mol. The molecule has 2 rings (SSSR count). The number of aromatic nitrogens is 1. The van der Waals surface area contributed by atoms with Crippen molar-refractivity contribution in [1.29, 1.82) is 0 Å². The summed E-state index contributed by atoms with van der Waals surface area (Å²) < 4.78 is 10.6. The van der Waals surface area contributed by atoms with Crippen molar-refractivity contribution in [2.45, 2.75) is 25.8 Å². The third kappa shape index (κ3) is 4.72. The highest BCUT2D eigenvalue weighted by atomic mass is 16.5. The van der Waals surface area contributed by atoms with Crippen LogP contribution in [0, 0.1) is 0 Å². The number of benzene rings is 1.